The smallest absolute Gasteiger partial charge is 0.138 e. The summed E-state index contributed by atoms with van der Waals surface area (Å²) in [5.41, 5.74) is 3.68. The third-order valence-corrected chi connectivity index (χ3v) is 9.98. The van der Waals surface area contributed by atoms with Crippen LogP contribution in [-0.2, 0) is 9.59 Å². The lowest BCUT2D eigenvalue weighted by molar-refractivity contribution is -0.140. The van der Waals surface area contributed by atoms with Gasteiger partial charge in [-0.2, -0.15) is 0 Å². The van der Waals surface area contributed by atoms with Crippen LogP contribution >= 0.6 is 0 Å². The summed E-state index contributed by atoms with van der Waals surface area (Å²) in [6.45, 7) is 13.5. The van der Waals surface area contributed by atoms with E-state index in [1.54, 1.807) is 18.1 Å². The van der Waals surface area contributed by atoms with Crippen molar-refractivity contribution in [3.05, 3.63) is 11.1 Å². The molecule has 4 aliphatic carbocycles. The Morgan fingerprint density at radius 2 is 1.58 bits per heavy atom. The Morgan fingerprint density at radius 3 is 2.23 bits per heavy atom. The van der Waals surface area contributed by atoms with E-state index >= 15 is 0 Å². The van der Waals surface area contributed by atoms with Gasteiger partial charge in [-0.1, -0.05) is 45.8 Å². The molecule has 0 aromatic heterocycles. The maximum atomic E-state index is 12.6. The summed E-state index contributed by atoms with van der Waals surface area (Å²) >= 11 is 0. The summed E-state index contributed by atoms with van der Waals surface area (Å²) in [4.78, 5) is 25.0. The van der Waals surface area contributed by atoms with Gasteiger partial charge in [-0.3, -0.25) is 9.59 Å². The van der Waals surface area contributed by atoms with Crippen molar-refractivity contribution in [2.24, 2.45) is 33.5 Å². The van der Waals surface area contributed by atoms with E-state index in [2.05, 4.69) is 34.6 Å². The Hall–Kier alpha value is -0.920. The van der Waals surface area contributed by atoms with Crippen molar-refractivity contribution in [2.75, 3.05) is 0 Å². The van der Waals surface area contributed by atoms with Crippen LogP contribution in [0.25, 0.3) is 0 Å². The summed E-state index contributed by atoms with van der Waals surface area (Å²) in [6.07, 6.45) is 8.56. The molecule has 0 aromatic rings. The van der Waals surface area contributed by atoms with Crippen LogP contribution < -0.4 is 0 Å². The molecule has 0 amide bonds. The van der Waals surface area contributed by atoms with Crippen molar-refractivity contribution in [1.82, 2.24) is 0 Å². The van der Waals surface area contributed by atoms with Crippen LogP contribution in [0.5, 0.6) is 0 Å². The number of carbonyl (C=O) groups is 2. The fraction of sp³-hybridized carbons (Fsp3) is 0.833. The number of hydrogen-bond donors (Lipinski definition) is 0. The van der Waals surface area contributed by atoms with Gasteiger partial charge in [0.2, 0.25) is 0 Å². The molecule has 26 heavy (non-hydrogen) atoms. The quantitative estimate of drug-likeness (QED) is 0.549. The van der Waals surface area contributed by atoms with E-state index in [1.165, 1.54) is 0 Å². The second-order valence-electron chi connectivity index (χ2n) is 11.1. The third-order valence-electron chi connectivity index (χ3n) is 9.98. The first-order valence-corrected chi connectivity index (χ1v) is 10.8. The normalized spacial score (nSPS) is 47.2. The van der Waals surface area contributed by atoms with Crippen molar-refractivity contribution in [1.29, 1.82) is 0 Å². The molecule has 2 saturated carbocycles. The van der Waals surface area contributed by atoms with Gasteiger partial charge in [-0.15, -0.1) is 0 Å². The van der Waals surface area contributed by atoms with Gasteiger partial charge in [-0.25, -0.2) is 0 Å². The average Bonchev–Trinajstić information content (AvgIpc) is 2.84. The van der Waals surface area contributed by atoms with Crippen molar-refractivity contribution >= 4 is 11.6 Å². The average molecular weight is 357 g/mol. The predicted octanol–water partition coefficient (Wildman–Crippen LogP) is 5.89. The minimum atomic E-state index is -0.190. The zero-order chi connectivity index (χ0) is 19.1. The fourth-order valence-electron chi connectivity index (χ4n) is 8.13. The highest BCUT2D eigenvalue weighted by Crippen LogP contribution is 2.71. The van der Waals surface area contributed by atoms with Gasteiger partial charge < -0.3 is 0 Å². The predicted molar refractivity (Wildman–Crippen MR) is 105 cm³/mol. The molecular weight excluding hydrogens is 320 g/mol. The van der Waals surface area contributed by atoms with Crippen LogP contribution in [0.1, 0.15) is 92.9 Å². The number of hydrogen-bond acceptors (Lipinski definition) is 2. The summed E-state index contributed by atoms with van der Waals surface area (Å²) in [5.74, 6) is 1.57. The first-order chi connectivity index (χ1) is 12.0. The standard InChI is InChI=1S/C24H36O2/c1-15(25)16-9-13-24(6)18-7-8-19-21(2,3)20(26)11-12-22(19,4)17(18)10-14-23(16,24)5/h16,19H,7-14H2,1-6H3/t16-,19-,22+,23+,24+/m0/s1. The highest BCUT2D eigenvalue weighted by atomic mass is 16.1. The molecule has 2 fully saturated rings. The van der Waals surface area contributed by atoms with E-state index in [-0.39, 0.29) is 27.6 Å². The van der Waals surface area contributed by atoms with Crippen molar-refractivity contribution in [3.8, 4) is 0 Å². The van der Waals surface area contributed by atoms with Gasteiger partial charge in [0.15, 0.2) is 0 Å². The lowest BCUT2D eigenvalue weighted by Gasteiger charge is -2.60. The van der Waals surface area contributed by atoms with E-state index in [0.29, 0.717) is 17.5 Å². The van der Waals surface area contributed by atoms with Gasteiger partial charge in [0, 0.05) is 17.8 Å². The maximum Gasteiger partial charge on any atom is 0.138 e. The summed E-state index contributed by atoms with van der Waals surface area (Å²) in [7, 11) is 0. The minimum Gasteiger partial charge on any atom is -0.300 e. The molecule has 0 aliphatic heterocycles. The number of carbonyl (C=O) groups excluding carboxylic acids is 2. The monoisotopic (exact) mass is 356 g/mol. The third kappa shape index (κ3) is 2.00. The molecule has 0 saturated heterocycles. The number of rotatable bonds is 1. The molecule has 2 heteroatoms. The molecule has 4 rings (SSSR count). The zero-order valence-corrected chi connectivity index (χ0v) is 17.6. The first kappa shape index (κ1) is 18.4. The van der Waals surface area contributed by atoms with Gasteiger partial charge in [0.05, 0.1) is 0 Å². The molecule has 144 valence electrons. The summed E-state index contributed by atoms with van der Waals surface area (Å²) < 4.78 is 0. The number of ketones is 2. The van der Waals surface area contributed by atoms with E-state index in [4.69, 9.17) is 0 Å². The number of fused-ring (bicyclic) bond motifs is 4. The minimum absolute atomic E-state index is 0.126. The molecule has 0 unspecified atom stereocenters. The molecule has 0 N–H and O–H groups in total. The van der Waals surface area contributed by atoms with Gasteiger partial charge >= 0.3 is 0 Å². The maximum absolute atomic E-state index is 12.6. The van der Waals surface area contributed by atoms with E-state index in [1.807, 2.05) is 0 Å². The zero-order valence-electron chi connectivity index (χ0n) is 17.6. The van der Waals surface area contributed by atoms with Gasteiger partial charge in [0.25, 0.3) is 0 Å². The molecule has 0 heterocycles. The van der Waals surface area contributed by atoms with E-state index in [9.17, 15) is 9.59 Å². The summed E-state index contributed by atoms with van der Waals surface area (Å²) in [6, 6.07) is 0. The molecule has 4 aliphatic rings. The van der Waals surface area contributed by atoms with Crippen LogP contribution in [0.2, 0.25) is 0 Å². The summed E-state index contributed by atoms with van der Waals surface area (Å²) in [5, 5.41) is 0. The number of Topliss-reactive ketones (excluding diaryl/α,β-unsaturated/α-hetero) is 2. The lowest BCUT2D eigenvalue weighted by Crippen LogP contribution is -2.53. The molecule has 0 spiro atoms. The van der Waals surface area contributed by atoms with Crippen LogP contribution in [0, 0.1) is 33.5 Å². The largest absolute Gasteiger partial charge is 0.300 e. The van der Waals surface area contributed by atoms with Gasteiger partial charge in [0.1, 0.15) is 11.6 Å². The van der Waals surface area contributed by atoms with Crippen LogP contribution in [0.15, 0.2) is 11.1 Å². The van der Waals surface area contributed by atoms with Crippen molar-refractivity contribution < 1.29 is 9.59 Å². The Bertz CT molecular complexity index is 714. The van der Waals surface area contributed by atoms with Crippen LogP contribution in [-0.4, -0.2) is 11.6 Å². The van der Waals surface area contributed by atoms with Crippen molar-refractivity contribution in [3.63, 3.8) is 0 Å². The molecule has 0 aromatic carbocycles. The number of allylic oxidation sites excluding steroid dienone is 2. The second-order valence-corrected chi connectivity index (χ2v) is 11.1. The van der Waals surface area contributed by atoms with E-state index < -0.39 is 0 Å². The van der Waals surface area contributed by atoms with E-state index in [0.717, 1.165) is 51.4 Å². The highest BCUT2D eigenvalue weighted by Gasteiger charge is 2.63. The second kappa shape index (κ2) is 5.32. The highest BCUT2D eigenvalue weighted by molar-refractivity contribution is 5.86. The van der Waals surface area contributed by atoms with Crippen LogP contribution in [0.3, 0.4) is 0 Å². The SMILES string of the molecule is CC(=O)[C@@H]1CC[C@]2(C)C3=C(CC[C@]12C)[C@@]1(C)CCC(=O)C(C)(C)[C@@H]1CC3. The van der Waals surface area contributed by atoms with Gasteiger partial charge in [-0.05, 0) is 74.0 Å². The lowest BCUT2D eigenvalue weighted by atomic mass is 9.43. The Morgan fingerprint density at radius 1 is 0.885 bits per heavy atom. The Labute approximate surface area is 159 Å². The Kier molecular flexibility index (Phi) is 3.78. The van der Waals surface area contributed by atoms with Crippen molar-refractivity contribution in [2.45, 2.75) is 92.9 Å². The molecule has 0 radical (unpaired) electrons. The molecular formula is C24H36O2. The molecule has 5 atom stereocenters. The molecule has 0 bridgehead atoms. The Balaban J connectivity index is 1.82. The topological polar surface area (TPSA) is 34.1 Å². The van der Waals surface area contributed by atoms with Crippen LogP contribution in [0.4, 0.5) is 0 Å². The molecule has 2 nitrogen and oxygen atoms in total. The fourth-order valence-corrected chi connectivity index (χ4v) is 8.13. The first-order valence-electron chi connectivity index (χ1n) is 10.8.